The highest BCUT2D eigenvalue weighted by atomic mass is 32.1. The minimum absolute atomic E-state index is 0.612. The molecule has 0 saturated heterocycles. The van der Waals surface area contributed by atoms with Gasteiger partial charge >= 0.3 is 0 Å². The molecule has 12 aromatic rings. The van der Waals surface area contributed by atoms with Crippen molar-refractivity contribution in [1.82, 2.24) is 19.5 Å². The Hall–Kier alpha value is -7.41. The summed E-state index contributed by atoms with van der Waals surface area (Å²) >= 11 is 1.78. The Balaban J connectivity index is 1.08. The second-order valence-electron chi connectivity index (χ2n) is 14.4. The van der Waals surface area contributed by atoms with E-state index in [1.165, 1.54) is 15.5 Å². The summed E-state index contributed by atoms with van der Waals surface area (Å²) < 4.78 is 11.3. The molecule has 0 aliphatic rings. The maximum Gasteiger partial charge on any atom is 0.165 e. The first-order valence-corrected chi connectivity index (χ1v) is 19.8. The SMILES string of the molecule is c1ccc(-c2cccc(-c3nc(-c4cccc(-n5c6ccccc6c6c7oc8ccccc8c7ccc65)c4)nc(-c4cccc5c4sc4ccccc45)n3)c2)cc1. The normalized spacial score (nSPS) is 11.9. The van der Waals surface area contributed by atoms with Crippen LogP contribution in [-0.4, -0.2) is 19.5 Å². The van der Waals surface area contributed by atoms with Crippen molar-refractivity contribution in [3.63, 3.8) is 0 Å². The standard InChI is InChI=1S/C51H30N4OS/c1-2-13-31(14-3-1)32-15-10-16-33(29-32)49-52-50(54-51(53-49)41-23-12-22-39-37-20-6-9-26-45(37)57-48(39)41)34-17-11-18-35(30-34)55-42-24-7-4-21-40(42)46-43(55)28-27-38-36-19-5-8-25-44(36)56-47(38)46/h1-30H. The predicted octanol–water partition coefficient (Wildman–Crippen LogP) is 13.9. The summed E-state index contributed by atoms with van der Waals surface area (Å²) in [5.74, 6) is 1.88. The van der Waals surface area contributed by atoms with E-state index in [9.17, 15) is 0 Å². The van der Waals surface area contributed by atoms with Gasteiger partial charge in [0.25, 0.3) is 0 Å². The van der Waals surface area contributed by atoms with Crippen LogP contribution in [0, 0.1) is 0 Å². The second-order valence-corrected chi connectivity index (χ2v) is 15.4. The molecule has 0 saturated carbocycles. The Morgan fingerprint density at radius 2 is 1.07 bits per heavy atom. The van der Waals surface area contributed by atoms with Gasteiger partial charge in [-0.1, -0.05) is 127 Å². The van der Waals surface area contributed by atoms with Gasteiger partial charge in [0, 0.05) is 58.7 Å². The molecule has 57 heavy (non-hydrogen) atoms. The van der Waals surface area contributed by atoms with E-state index in [-0.39, 0.29) is 0 Å². The molecular weight excluding hydrogens is 717 g/mol. The summed E-state index contributed by atoms with van der Waals surface area (Å²) in [7, 11) is 0. The van der Waals surface area contributed by atoms with Crippen LogP contribution in [-0.2, 0) is 0 Å². The van der Waals surface area contributed by atoms with Crippen molar-refractivity contribution in [2.45, 2.75) is 0 Å². The number of benzene rings is 8. The number of para-hydroxylation sites is 2. The van der Waals surface area contributed by atoms with E-state index < -0.39 is 0 Å². The summed E-state index contributed by atoms with van der Waals surface area (Å²) in [5.41, 5.74) is 10.0. The van der Waals surface area contributed by atoms with Gasteiger partial charge in [0.2, 0.25) is 0 Å². The molecule has 0 amide bonds. The Labute approximate surface area is 330 Å². The third-order valence-corrected chi connectivity index (χ3v) is 12.3. The lowest BCUT2D eigenvalue weighted by molar-refractivity contribution is 0.673. The van der Waals surface area contributed by atoms with Crippen LogP contribution in [0.3, 0.4) is 0 Å². The van der Waals surface area contributed by atoms with Crippen LogP contribution < -0.4 is 0 Å². The van der Waals surface area contributed by atoms with E-state index in [0.717, 1.165) is 81.9 Å². The molecule has 0 atom stereocenters. The highest BCUT2D eigenvalue weighted by Gasteiger charge is 2.21. The summed E-state index contributed by atoms with van der Waals surface area (Å²) in [6, 6.07) is 63.7. The number of rotatable bonds is 5. The molecule has 266 valence electrons. The molecule has 8 aromatic carbocycles. The zero-order chi connectivity index (χ0) is 37.5. The van der Waals surface area contributed by atoms with Crippen molar-refractivity contribution < 1.29 is 4.42 Å². The lowest BCUT2D eigenvalue weighted by Gasteiger charge is -2.12. The largest absolute Gasteiger partial charge is 0.455 e. The first-order valence-electron chi connectivity index (χ1n) is 19.0. The molecule has 0 spiro atoms. The first-order chi connectivity index (χ1) is 28.2. The van der Waals surface area contributed by atoms with Gasteiger partial charge in [0.15, 0.2) is 17.5 Å². The zero-order valence-electron chi connectivity index (χ0n) is 30.4. The molecule has 0 unspecified atom stereocenters. The first kappa shape index (κ1) is 31.9. The molecule has 0 aliphatic carbocycles. The van der Waals surface area contributed by atoms with Crippen LogP contribution in [0.4, 0.5) is 0 Å². The average molecular weight is 747 g/mol. The highest BCUT2D eigenvalue weighted by Crippen LogP contribution is 2.42. The third kappa shape index (κ3) is 5.04. The van der Waals surface area contributed by atoms with Crippen LogP contribution in [0.25, 0.3) is 115 Å². The quantitative estimate of drug-likeness (QED) is 0.176. The number of aromatic nitrogens is 4. The van der Waals surface area contributed by atoms with E-state index in [2.05, 4.69) is 168 Å². The molecular formula is C51H30N4OS. The molecule has 4 heterocycles. The summed E-state index contributed by atoms with van der Waals surface area (Å²) in [6.45, 7) is 0. The van der Waals surface area contributed by atoms with Crippen molar-refractivity contribution in [3.05, 3.63) is 182 Å². The number of hydrogen-bond donors (Lipinski definition) is 0. The van der Waals surface area contributed by atoms with Gasteiger partial charge in [-0.3, -0.25) is 0 Å². The number of nitrogens with zero attached hydrogens (tertiary/aromatic N) is 4. The Morgan fingerprint density at radius 1 is 0.421 bits per heavy atom. The molecule has 0 bridgehead atoms. The average Bonchev–Trinajstić information content (AvgIpc) is 3.96. The summed E-state index contributed by atoms with van der Waals surface area (Å²) in [4.78, 5) is 15.7. The molecule has 0 fully saturated rings. The molecule has 4 aromatic heterocycles. The number of thiophene rings is 1. The predicted molar refractivity (Wildman–Crippen MR) is 236 cm³/mol. The van der Waals surface area contributed by atoms with Gasteiger partial charge in [-0.2, -0.15) is 0 Å². The Kier molecular flexibility index (Phi) is 7.03. The lowest BCUT2D eigenvalue weighted by atomic mass is 10.0. The minimum atomic E-state index is 0.612. The van der Waals surface area contributed by atoms with Crippen molar-refractivity contribution in [3.8, 4) is 51.0 Å². The fourth-order valence-corrected chi connectivity index (χ4v) is 9.66. The van der Waals surface area contributed by atoms with E-state index >= 15 is 0 Å². The van der Waals surface area contributed by atoms with Crippen molar-refractivity contribution in [2.24, 2.45) is 0 Å². The van der Waals surface area contributed by atoms with Gasteiger partial charge in [0.05, 0.1) is 16.4 Å². The molecule has 0 aliphatic heterocycles. The van der Waals surface area contributed by atoms with Gasteiger partial charge in [0.1, 0.15) is 11.2 Å². The van der Waals surface area contributed by atoms with Crippen LogP contribution in [0.15, 0.2) is 186 Å². The third-order valence-electron chi connectivity index (χ3n) is 11.1. The molecule has 12 rings (SSSR count). The lowest BCUT2D eigenvalue weighted by Crippen LogP contribution is -2.01. The molecule has 6 heteroatoms. The van der Waals surface area contributed by atoms with E-state index in [1.807, 2.05) is 18.2 Å². The molecule has 0 radical (unpaired) electrons. The van der Waals surface area contributed by atoms with E-state index in [4.69, 9.17) is 19.4 Å². The Morgan fingerprint density at radius 3 is 1.95 bits per heavy atom. The van der Waals surface area contributed by atoms with Gasteiger partial charge in [-0.05, 0) is 65.7 Å². The highest BCUT2D eigenvalue weighted by molar-refractivity contribution is 7.26. The number of fused-ring (bicyclic) bond motifs is 10. The monoisotopic (exact) mass is 746 g/mol. The van der Waals surface area contributed by atoms with Crippen LogP contribution in [0.2, 0.25) is 0 Å². The van der Waals surface area contributed by atoms with Crippen molar-refractivity contribution in [1.29, 1.82) is 0 Å². The van der Waals surface area contributed by atoms with Crippen LogP contribution in [0.5, 0.6) is 0 Å². The fraction of sp³-hybridized carbons (Fsp3) is 0. The number of hydrogen-bond acceptors (Lipinski definition) is 5. The number of furan rings is 1. The topological polar surface area (TPSA) is 56.7 Å². The maximum atomic E-state index is 6.57. The van der Waals surface area contributed by atoms with Gasteiger partial charge in [-0.15, -0.1) is 11.3 Å². The maximum absolute atomic E-state index is 6.57. The van der Waals surface area contributed by atoms with Crippen LogP contribution in [0.1, 0.15) is 0 Å². The molecule has 0 N–H and O–H groups in total. The zero-order valence-corrected chi connectivity index (χ0v) is 31.2. The van der Waals surface area contributed by atoms with Crippen molar-refractivity contribution in [2.75, 3.05) is 0 Å². The summed E-state index contributed by atoms with van der Waals surface area (Å²) in [6.07, 6.45) is 0. The van der Waals surface area contributed by atoms with Gasteiger partial charge in [-0.25, -0.2) is 15.0 Å². The van der Waals surface area contributed by atoms with Crippen molar-refractivity contribution >= 4 is 75.3 Å². The molecule has 5 nitrogen and oxygen atoms in total. The van der Waals surface area contributed by atoms with E-state index in [0.29, 0.717) is 17.5 Å². The van der Waals surface area contributed by atoms with E-state index in [1.54, 1.807) is 11.3 Å². The fourth-order valence-electron chi connectivity index (χ4n) is 8.44. The summed E-state index contributed by atoms with van der Waals surface area (Å²) in [5, 5.41) is 6.92. The smallest absolute Gasteiger partial charge is 0.165 e. The Bertz CT molecular complexity index is 3540. The van der Waals surface area contributed by atoms with Crippen LogP contribution >= 0.6 is 11.3 Å². The second kappa shape index (κ2) is 12.6. The van der Waals surface area contributed by atoms with Gasteiger partial charge < -0.3 is 8.98 Å². The minimum Gasteiger partial charge on any atom is -0.455 e.